The second-order valence-corrected chi connectivity index (χ2v) is 4.76. The molecule has 0 saturated carbocycles. The topological polar surface area (TPSA) is 67.2 Å². The summed E-state index contributed by atoms with van der Waals surface area (Å²) in [5, 5.41) is 11.7. The van der Waals surface area contributed by atoms with Gasteiger partial charge in [-0.3, -0.25) is 4.79 Å². The number of nitrogens with one attached hydrogen (secondary N) is 1. The summed E-state index contributed by atoms with van der Waals surface area (Å²) in [4.78, 5) is 15.2. The third kappa shape index (κ3) is 2.83. The van der Waals surface area contributed by atoms with Gasteiger partial charge in [-0.1, -0.05) is 6.92 Å². The van der Waals surface area contributed by atoms with Gasteiger partial charge in [0.15, 0.2) is 0 Å². The summed E-state index contributed by atoms with van der Waals surface area (Å²) in [5.41, 5.74) is 0. The van der Waals surface area contributed by atoms with Gasteiger partial charge >= 0.3 is 5.97 Å². The van der Waals surface area contributed by atoms with Crippen LogP contribution < -0.4 is 5.32 Å². The maximum Gasteiger partial charge on any atom is 0.322 e. The van der Waals surface area contributed by atoms with E-state index in [1.165, 1.54) is 0 Å². The molecule has 0 radical (unpaired) electrons. The molecule has 0 aromatic carbocycles. The number of hydrogen-bond acceptors (Lipinski definition) is 3. The van der Waals surface area contributed by atoms with E-state index < -0.39 is 12.0 Å². The van der Waals surface area contributed by atoms with Gasteiger partial charge in [-0.2, -0.15) is 0 Å². The van der Waals surface area contributed by atoms with Crippen LogP contribution in [0.2, 0.25) is 0 Å². The quantitative estimate of drug-likeness (QED) is 0.843. The Kier molecular flexibility index (Phi) is 4.94. The van der Waals surface area contributed by atoms with E-state index in [1.54, 1.807) is 7.05 Å². The zero-order valence-corrected chi connectivity index (χ0v) is 12.2. The average molecular weight is 355 g/mol. The van der Waals surface area contributed by atoms with E-state index in [0.29, 0.717) is 11.1 Å². The van der Waals surface area contributed by atoms with Crippen molar-refractivity contribution in [3.63, 3.8) is 0 Å². The van der Waals surface area contributed by atoms with E-state index in [1.807, 2.05) is 11.5 Å². The molecule has 90 valence electrons. The van der Waals surface area contributed by atoms with Crippen molar-refractivity contribution in [1.82, 2.24) is 14.9 Å². The van der Waals surface area contributed by atoms with Crippen LogP contribution >= 0.6 is 31.9 Å². The van der Waals surface area contributed by atoms with E-state index in [-0.39, 0.29) is 0 Å². The van der Waals surface area contributed by atoms with E-state index in [4.69, 9.17) is 5.11 Å². The van der Waals surface area contributed by atoms with Crippen LogP contribution in [0.25, 0.3) is 0 Å². The molecule has 1 rings (SSSR count). The number of halogens is 2. The molecule has 1 aromatic rings. The number of aromatic nitrogens is 2. The molecule has 0 spiro atoms. The van der Waals surface area contributed by atoms with Crippen molar-refractivity contribution in [3.05, 3.63) is 15.0 Å². The first-order valence-electron chi connectivity index (χ1n) is 4.81. The lowest BCUT2D eigenvalue weighted by Gasteiger charge is -2.14. The number of carboxylic acid groups (broad SMARTS) is 1. The summed E-state index contributed by atoms with van der Waals surface area (Å²) in [6, 6.07) is -0.623. The summed E-state index contributed by atoms with van der Waals surface area (Å²) in [6.07, 6.45) is 0.750. The first kappa shape index (κ1) is 13.7. The number of likely N-dealkylation sites (N-methyl/N-ethyl adjacent to an activating group) is 1. The van der Waals surface area contributed by atoms with Crippen LogP contribution in [0.5, 0.6) is 0 Å². The standard InChI is InChI=1S/C9H13Br2N3O2/c1-3-6-13-7(10)8(11)14(6)4-5(12-2)9(15)16/h5,12H,3-4H2,1-2H3,(H,15,16). The first-order valence-corrected chi connectivity index (χ1v) is 6.40. The number of carbonyl (C=O) groups is 1. The molecule has 1 aromatic heterocycles. The number of rotatable bonds is 5. The summed E-state index contributed by atoms with van der Waals surface area (Å²) in [5.74, 6) is -0.0264. The number of imidazole rings is 1. The van der Waals surface area contributed by atoms with Crippen LogP contribution in [0, 0.1) is 0 Å². The Morgan fingerprint density at radius 2 is 2.25 bits per heavy atom. The van der Waals surface area contributed by atoms with E-state index >= 15 is 0 Å². The first-order chi connectivity index (χ1) is 7.51. The smallest absolute Gasteiger partial charge is 0.322 e. The number of carboxylic acids is 1. The predicted molar refractivity (Wildman–Crippen MR) is 67.5 cm³/mol. The molecule has 16 heavy (non-hydrogen) atoms. The van der Waals surface area contributed by atoms with Gasteiger partial charge in [-0.15, -0.1) is 0 Å². The Labute approximate surface area is 111 Å². The zero-order valence-electron chi connectivity index (χ0n) is 9.00. The van der Waals surface area contributed by atoms with Gasteiger partial charge in [0.2, 0.25) is 0 Å². The van der Waals surface area contributed by atoms with Crippen LogP contribution in [0.15, 0.2) is 9.21 Å². The molecule has 1 atom stereocenters. The Balaban J connectivity index is 2.99. The lowest BCUT2D eigenvalue weighted by Crippen LogP contribution is -2.38. The number of hydrogen-bond donors (Lipinski definition) is 2. The highest BCUT2D eigenvalue weighted by molar-refractivity contribution is 9.13. The van der Waals surface area contributed by atoms with Crippen LogP contribution in [0.4, 0.5) is 0 Å². The molecule has 0 fully saturated rings. The molecule has 0 amide bonds. The monoisotopic (exact) mass is 353 g/mol. The van der Waals surface area contributed by atoms with Crippen molar-refractivity contribution >= 4 is 37.8 Å². The molecule has 7 heteroatoms. The summed E-state index contributed by atoms with van der Waals surface area (Å²) < 4.78 is 3.31. The van der Waals surface area contributed by atoms with Crippen molar-refractivity contribution in [2.75, 3.05) is 7.05 Å². The van der Waals surface area contributed by atoms with Crippen molar-refractivity contribution in [1.29, 1.82) is 0 Å². The Morgan fingerprint density at radius 3 is 2.69 bits per heavy atom. The van der Waals surface area contributed by atoms with Crippen LogP contribution in [0.3, 0.4) is 0 Å². The van der Waals surface area contributed by atoms with Gasteiger partial charge < -0.3 is 15.0 Å². The second kappa shape index (κ2) is 5.79. The van der Waals surface area contributed by atoms with Gasteiger partial charge in [-0.25, -0.2) is 4.98 Å². The highest BCUT2D eigenvalue weighted by atomic mass is 79.9. The minimum absolute atomic E-state index is 0.341. The highest BCUT2D eigenvalue weighted by Crippen LogP contribution is 2.24. The molecule has 1 heterocycles. The minimum atomic E-state index is -0.874. The molecule has 0 aliphatic carbocycles. The molecule has 0 bridgehead atoms. The number of aryl methyl sites for hydroxylation is 1. The van der Waals surface area contributed by atoms with Gasteiger partial charge in [0.25, 0.3) is 0 Å². The molecule has 2 N–H and O–H groups in total. The third-order valence-electron chi connectivity index (χ3n) is 2.27. The zero-order chi connectivity index (χ0) is 12.3. The number of aliphatic carboxylic acids is 1. The van der Waals surface area contributed by atoms with Crippen LogP contribution in [-0.4, -0.2) is 33.7 Å². The molecule has 1 unspecified atom stereocenters. The van der Waals surface area contributed by atoms with Crippen LogP contribution in [-0.2, 0) is 17.8 Å². The SMILES string of the molecule is CCc1nc(Br)c(Br)n1CC(NC)C(=O)O. The van der Waals surface area contributed by atoms with Gasteiger partial charge in [0, 0.05) is 6.42 Å². The summed E-state index contributed by atoms with van der Waals surface area (Å²) >= 11 is 6.69. The fourth-order valence-corrected chi connectivity index (χ4v) is 2.23. The third-order valence-corrected chi connectivity index (χ3v) is 4.16. The van der Waals surface area contributed by atoms with Crippen molar-refractivity contribution < 1.29 is 9.90 Å². The van der Waals surface area contributed by atoms with Crippen molar-refractivity contribution in [2.45, 2.75) is 25.9 Å². The van der Waals surface area contributed by atoms with E-state index in [0.717, 1.165) is 16.8 Å². The van der Waals surface area contributed by atoms with Gasteiger partial charge in [-0.05, 0) is 38.9 Å². The van der Waals surface area contributed by atoms with Crippen molar-refractivity contribution in [3.8, 4) is 0 Å². The van der Waals surface area contributed by atoms with Gasteiger partial charge in [0.1, 0.15) is 21.1 Å². The molecular formula is C9H13Br2N3O2. The average Bonchev–Trinajstić information content (AvgIpc) is 2.51. The van der Waals surface area contributed by atoms with E-state index in [9.17, 15) is 4.79 Å². The fraction of sp³-hybridized carbons (Fsp3) is 0.556. The highest BCUT2D eigenvalue weighted by Gasteiger charge is 2.20. The summed E-state index contributed by atoms with van der Waals surface area (Å²) in [6.45, 7) is 2.32. The molecule has 5 nitrogen and oxygen atoms in total. The Morgan fingerprint density at radius 1 is 1.62 bits per heavy atom. The fourth-order valence-electron chi connectivity index (χ4n) is 1.38. The molecule has 0 saturated heterocycles. The maximum atomic E-state index is 10.9. The lowest BCUT2D eigenvalue weighted by atomic mass is 10.3. The molecule has 0 aliphatic rings. The normalized spacial score (nSPS) is 12.8. The predicted octanol–water partition coefficient (Wildman–Crippen LogP) is 1.64. The largest absolute Gasteiger partial charge is 0.480 e. The second-order valence-electron chi connectivity index (χ2n) is 3.25. The van der Waals surface area contributed by atoms with Crippen LogP contribution in [0.1, 0.15) is 12.7 Å². The Hall–Kier alpha value is -0.400. The maximum absolute atomic E-state index is 10.9. The minimum Gasteiger partial charge on any atom is -0.480 e. The number of nitrogens with zero attached hydrogens (tertiary/aromatic N) is 2. The molecular weight excluding hydrogens is 342 g/mol. The van der Waals surface area contributed by atoms with Crippen molar-refractivity contribution in [2.24, 2.45) is 0 Å². The van der Waals surface area contributed by atoms with Gasteiger partial charge in [0.05, 0.1) is 6.54 Å². The lowest BCUT2D eigenvalue weighted by molar-refractivity contribution is -0.139. The van der Waals surface area contributed by atoms with E-state index in [2.05, 4.69) is 42.2 Å². The molecule has 0 aliphatic heterocycles. The summed E-state index contributed by atoms with van der Waals surface area (Å²) in [7, 11) is 1.63. The Bertz CT molecular complexity index is 392.